The number of fused-ring (bicyclic) bond motifs is 1. The summed E-state index contributed by atoms with van der Waals surface area (Å²) in [5.74, 6) is 1.44. The molecule has 91 valence electrons. The molecule has 2 rings (SSSR count). The molecule has 0 bridgehead atoms. The van der Waals surface area contributed by atoms with E-state index in [1.807, 2.05) is 27.7 Å². The van der Waals surface area contributed by atoms with Crippen molar-refractivity contribution in [1.29, 1.82) is 0 Å². The number of nitrogens with one attached hydrogen (secondary N) is 1. The van der Waals surface area contributed by atoms with Crippen molar-refractivity contribution >= 4 is 5.69 Å². The second-order valence-corrected chi connectivity index (χ2v) is 3.09. The minimum atomic E-state index is 0. The summed E-state index contributed by atoms with van der Waals surface area (Å²) in [6.07, 6.45) is 0. The zero-order valence-corrected chi connectivity index (χ0v) is 14.3. The number of anilines is 1. The number of benzene rings is 1. The molecule has 1 heterocycles. The maximum Gasteiger partial charge on any atom is 0 e. The molecule has 1 unspecified atom stereocenters. The molecule has 0 saturated heterocycles. The van der Waals surface area contributed by atoms with Gasteiger partial charge in [0.05, 0.1) is 0 Å². The Bertz CT molecular complexity index is 279. The molecule has 1 aromatic carbocycles. The van der Waals surface area contributed by atoms with Crippen LogP contribution in [0.5, 0.6) is 0 Å². The molecule has 1 aromatic rings. The van der Waals surface area contributed by atoms with Crippen molar-refractivity contribution < 1.29 is 34.1 Å². The predicted octanol–water partition coefficient (Wildman–Crippen LogP) is 4.74. The Morgan fingerprint density at radius 3 is 2.12 bits per heavy atom. The van der Waals surface area contributed by atoms with E-state index in [9.17, 15) is 0 Å². The molecule has 0 aromatic heterocycles. The first-order valence-electron chi connectivity index (χ1n) is 5.98. The number of hydrogen-bond donors (Lipinski definition) is 1. The third-order valence-electron chi connectivity index (χ3n) is 2.37. The van der Waals surface area contributed by atoms with Crippen LogP contribution in [-0.4, -0.2) is 6.04 Å². The van der Waals surface area contributed by atoms with E-state index >= 15 is 0 Å². The number of rotatable bonds is 0. The molecule has 1 atom stereocenters. The Morgan fingerprint density at radius 2 is 1.62 bits per heavy atom. The van der Waals surface area contributed by atoms with Gasteiger partial charge in [-0.1, -0.05) is 59.4 Å². The van der Waals surface area contributed by atoms with Crippen molar-refractivity contribution in [2.24, 2.45) is 0 Å². The van der Waals surface area contributed by atoms with Gasteiger partial charge in [-0.2, -0.15) is 17.5 Å². The summed E-state index contributed by atoms with van der Waals surface area (Å²) in [4.78, 5) is 0. The average molecular weight is 298 g/mol. The minimum Gasteiger partial charge on any atom is -0.440 e. The summed E-state index contributed by atoms with van der Waals surface area (Å²) < 4.78 is 0. The molecular formula is C14H26NY-. The third-order valence-corrected chi connectivity index (χ3v) is 2.37. The van der Waals surface area contributed by atoms with E-state index in [0.717, 1.165) is 0 Å². The van der Waals surface area contributed by atoms with Crippen LogP contribution in [0.2, 0.25) is 0 Å². The Hall–Kier alpha value is -0.00610. The smallest absolute Gasteiger partial charge is 0 e. The fourth-order valence-electron chi connectivity index (χ4n) is 1.53. The van der Waals surface area contributed by atoms with Crippen LogP contribution in [0.3, 0.4) is 0 Å². The summed E-state index contributed by atoms with van der Waals surface area (Å²) in [5, 5.41) is 3.41. The summed E-state index contributed by atoms with van der Waals surface area (Å²) in [5.41, 5.74) is 2.65. The van der Waals surface area contributed by atoms with Gasteiger partial charge in [0, 0.05) is 34.1 Å². The van der Waals surface area contributed by atoms with Crippen LogP contribution < -0.4 is 5.32 Å². The molecule has 1 aliphatic rings. The van der Waals surface area contributed by atoms with E-state index in [1.54, 1.807) is 0 Å². The number of hydrogen-bond acceptors (Lipinski definition) is 1. The predicted molar refractivity (Wildman–Crippen MR) is 72.4 cm³/mol. The zero-order chi connectivity index (χ0) is 11.8. The summed E-state index contributed by atoms with van der Waals surface area (Å²) in [6, 6.07) is 8.95. The van der Waals surface area contributed by atoms with Gasteiger partial charge in [-0.25, -0.2) is 0 Å². The van der Waals surface area contributed by atoms with E-state index in [1.165, 1.54) is 17.2 Å². The monoisotopic (exact) mass is 298 g/mol. The second-order valence-electron chi connectivity index (χ2n) is 3.09. The first-order valence-corrected chi connectivity index (χ1v) is 5.98. The summed E-state index contributed by atoms with van der Waals surface area (Å²) in [6.45, 7) is 12.4. The first kappa shape index (κ1) is 18.4. The fraction of sp³-hybridized carbons (Fsp3) is 0.500. The van der Waals surface area contributed by atoms with Crippen molar-refractivity contribution in [2.45, 2.75) is 47.6 Å². The summed E-state index contributed by atoms with van der Waals surface area (Å²) in [7, 11) is 0. The largest absolute Gasteiger partial charge is 0.440 e. The molecule has 1 N–H and O–H groups in total. The molecule has 0 fully saturated rings. The molecule has 1 nitrogen and oxygen atoms in total. The van der Waals surface area contributed by atoms with Crippen LogP contribution >= 0.6 is 0 Å². The Kier molecular flexibility index (Phi) is 11.7. The molecule has 0 spiro atoms. The molecular weight excluding hydrogens is 271 g/mol. The van der Waals surface area contributed by atoms with Crippen LogP contribution in [0.25, 0.3) is 0 Å². The van der Waals surface area contributed by atoms with Gasteiger partial charge in [0.1, 0.15) is 0 Å². The fourth-order valence-corrected chi connectivity index (χ4v) is 1.53. The maximum atomic E-state index is 3.41. The molecule has 1 radical (unpaired) electrons. The van der Waals surface area contributed by atoms with Gasteiger partial charge in [0.2, 0.25) is 0 Å². The normalized spacial score (nSPS) is 15.4. The van der Waals surface area contributed by atoms with Gasteiger partial charge >= 0.3 is 0 Å². The van der Waals surface area contributed by atoms with Crippen LogP contribution in [0.15, 0.2) is 24.3 Å². The molecule has 1 aliphatic heterocycles. The van der Waals surface area contributed by atoms with Gasteiger partial charge < -0.3 is 5.32 Å². The molecule has 0 saturated carbocycles. The van der Waals surface area contributed by atoms with E-state index in [0.29, 0.717) is 6.04 Å². The van der Waals surface area contributed by atoms with Gasteiger partial charge in [-0.3, -0.25) is 0 Å². The quantitative estimate of drug-likeness (QED) is 0.682. The molecule has 0 amide bonds. The van der Waals surface area contributed by atoms with Crippen molar-refractivity contribution in [1.82, 2.24) is 0 Å². The van der Waals surface area contributed by atoms with Crippen LogP contribution in [-0.2, 0) is 32.7 Å². The van der Waals surface area contributed by atoms with E-state index < -0.39 is 0 Å². The van der Waals surface area contributed by atoms with Crippen molar-refractivity contribution in [3.8, 4) is 0 Å². The summed E-state index contributed by atoms with van der Waals surface area (Å²) >= 11 is 0. The Balaban J connectivity index is -0.000000299. The van der Waals surface area contributed by atoms with Crippen molar-refractivity contribution in [3.05, 3.63) is 35.7 Å². The maximum absolute atomic E-state index is 3.41. The second kappa shape index (κ2) is 10.2. The standard InChI is InChI=1S/C10H12N.2C2H6.Y.H2/c1-7-8(2)11-10-6-4-3-5-9(7)10;2*1-2;;/h3-6,8,11H,1-2H3;2*1-2H3;;1H/q-1;;;;/i;;;;1+1. The minimum absolute atomic E-state index is 0. The van der Waals surface area contributed by atoms with Crippen LogP contribution in [0.1, 0.15) is 48.5 Å². The average Bonchev–Trinajstić information content (AvgIpc) is 2.61. The van der Waals surface area contributed by atoms with E-state index in [2.05, 4.69) is 43.4 Å². The van der Waals surface area contributed by atoms with Gasteiger partial charge in [-0.15, -0.1) is 6.07 Å². The first-order chi connectivity index (χ1) is 7.29. The van der Waals surface area contributed by atoms with E-state index in [-0.39, 0.29) is 34.1 Å². The SMILES string of the molecule is CC.CC.C[C-]1c2ccccc2NC1C.[2HH].[Y]. The van der Waals surface area contributed by atoms with Gasteiger partial charge in [0.15, 0.2) is 0 Å². The topological polar surface area (TPSA) is 12.0 Å². The van der Waals surface area contributed by atoms with Crippen LogP contribution in [0.4, 0.5) is 5.69 Å². The van der Waals surface area contributed by atoms with Gasteiger partial charge in [-0.05, 0) is 6.04 Å². The molecule has 2 heteroatoms. The van der Waals surface area contributed by atoms with Gasteiger partial charge in [0.25, 0.3) is 0 Å². The molecule has 0 aliphatic carbocycles. The van der Waals surface area contributed by atoms with Crippen molar-refractivity contribution in [2.75, 3.05) is 5.32 Å². The van der Waals surface area contributed by atoms with Crippen LogP contribution in [0, 0.1) is 5.92 Å². The van der Waals surface area contributed by atoms with Crippen molar-refractivity contribution in [3.63, 3.8) is 0 Å². The Labute approximate surface area is 128 Å². The Morgan fingerprint density at radius 1 is 1.12 bits per heavy atom. The zero-order valence-electron chi connectivity index (χ0n) is 11.5. The van der Waals surface area contributed by atoms with E-state index in [4.69, 9.17) is 0 Å². The third kappa shape index (κ3) is 4.47. The molecule has 16 heavy (non-hydrogen) atoms. The number of para-hydroxylation sites is 1.